The van der Waals surface area contributed by atoms with Gasteiger partial charge >= 0.3 is 5.97 Å². The van der Waals surface area contributed by atoms with Gasteiger partial charge in [0.05, 0.1) is 27.1 Å². The first-order valence-electron chi connectivity index (χ1n) is 8.82. The van der Waals surface area contributed by atoms with Gasteiger partial charge in [-0.05, 0) is 48.2 Å². The topological polar surface area (TPSA) is 115 Å². The summed E-state index contributed by atoms with van der Waals surface area (Å²) in [5, 5.41) is 21.6. The van der Waals surface area contributed by atoms with Crippen LogP contribution < -0.4 is 5.56 Å². The number of halogens is 1. The number of para-hydroxylation sites is 1. The quantitative estimate of drug-likeness (QED) is 0.262. The van der Waals surface area contributed by atoms with E-state index in [4.69, 9.17) is 11.6 Å². The summed E-state index contributed by atoms with van der Waals surface area (Å²) in [4.78, 5) is 40.2. The lowest BCUT2D eigenvalue weighted by Crippen LogP contribution is -2.21. The molecule has 1 aromatic heterocycles. The minimum absolute atomic E-state index is 0.0894. The molecule has 31 heavy (non-hydrogen) atoms. The molecule has 0 bridgehead atoms. The number of carboxylic acids is 1. The molecule has 0 aliphatic heterocycles. The Hall–Kier alpha value is -3.69. The summed E-state index contributed by atoms with van der Waals surface area (Å²) < 4.78 is 1.33. The van der Waals surface area contributed by atoms with Crippen LogP contribution >= 0.6 is 23.4 Å². The van der Waals surface area contributed by atoms with Crippen molar-refractivity contribution in [2.45, 2.75) is 10.1 Å². The number of aromatic nitrogens is 2. The lowest BCUT2D eigenvalue weighted by molar-refractivity contribution is -0.385. The minimum Gasteiger partial charge on any atom is -0.478 e. The molecule has 0 aliphatic rings. The maximum Gasteiger partial charge on any atom is 0.336 e. The number of hydrogen-bond donors (Lipinski definition) is 1. The fourth-order valence-electron chi connectivity index (χ4n) is 2.99. The summed E-state index contributed by atoms with van der Waals surface area (Å²) in [6.07, 6.45) is 0. The number of benzene rings is 3. The molecule has 0 radical (unpaired) electrons. The second-order valence-electron chi connectivity index (χ2n) is 6.38. The molecule has 0 unspecified atom stereocenters. The van der Waals surface area contributed by atoms with Crippen molar-refractivity contribution < 1.29 is 14.8 Å². The zero-order valence-electron chi connectivity index (χ0n) is 15.6. The summed E-state index contributed by atoms with van der Waals surface area (Å²) in [6, 6.07) is 16.8. The molecule has 3 aromatic carbocycles. The van der Waals surface area contributed by atoms with Gasteiger partial charge in [-0.3, -0.25) is 19.5 Å². The number of carbonyl (C=O) groups is 1. The molecule has 0 aliphatic carbocycles. The number of hydrogen-bond acceptors (Lipinski definition) is 6. The van der Waals surface area contributed by atoms with E-state index in [1.165, 1.54) is 10.6 Å². The molecular weight excluding hydrogens is 442 g/mol. The van der Waals surface area contributed by atoms with E-state index in [1.807, 2.05) is 0 Å². The van der Waals surface area contributed by atoms with Crippen molar-refractivity contribution in [3.05, 3.63) is 97.8 Å². The monoisotopic (exact) mass is 453 g/mol. The van der Waals surface area contributed by atoms with Crippen molar-refractivity contribution in [3.8, 4) is 5.69 Å². The molecule has 0 saturated heterocycles. The zero-order valence-corrected chi connectivity index (χ0v) is 17.1. The highest BCUT2D eigenvalue weighted by Crippen LogP contribution is 2.33. The van der Waals surface area contributed by atoms with Crippen molar-refractivity contribution in [1.29, 1.82) is 0 Å². The summed E-state index contributed by atoms with van der Waals surface area (Å²) in [5.41, 5.74) is 0.0657. The van der Waals surface area contributed by atoms with Crippen LogP contribution in [0.15, 0.2) is 81.6 Å². The number of nitrogens with zero attached hydrogens (tertiary/aromatic N) is 3. The van der Waals surface area contributed by atoms with Crippen LogP contribution in [0.25, 0.3) is 16.6 Å². The van der Waals surface area contributed by atoms with Crippen molar-refractivity contribution in [3.63, 3.8) is 0 Å². The number of nitro groups is 1. The maximum atomic E-state index is 13.3. The van der Waals surface area contributed by atoms with Crippen LogP contribution in [-0.2, 0) is 0 Å². The number of carboxylic acid groups (broad SMARTS) is 1. The van der Waals surface area contributed by atoms with Gasteiger partial charge in [-0.15, -0.1) is 0 Å². The molecular formula is C21H12ClN3O5S. The average molecular weight is 454 g/mol. The van der Waals surface area contributed by atoms with Crippen molar-refractivity contribution in [2.24, 2.45) is 0 Å². The van der Waals surface area contributed by atoms with E-state index in [0.717, 1.165) is 30.0 Å². The molecule has 4 aromatic rings. The highest BCUT2D eigenvalue weighted by molar-refractivity contribution is 7.99. The first kappa shape index (κ1) is 20.6. The Bertz CT molecular complexity index is 1410. The molecule has 10 heteroatoms. The number of rotatable bonds is 5. The summed E-state index contributed by atoms with van der Waals surface area (Å²) in [6.45, 7) is 0. The molecule has 0 fully saturated rings. The van der Waals surface area contributed by atoms with Crippen LogP contribution in [0.3, 0.4) is 0 Å². The molecule has 0 atom stereocenters. The summed E-state index contributed by atoms with van der Waals surface area (Å²) in [5.74, 6) is -1.25. The third-order valence-corrected chi connectivity index (χ3v) is 5.67. The van der Waals surface area contributed by atoms with E-state index in [0.29, 0.717) is 21.6 Å². The van der Waals surface area contributed by atoms with Crippen LogP contribution in [0.4, 0.5) is 5.69 Å². The first-order chi connectivity index (χ1) is 14.8. The Balaban J connectivity index is 1.99. The van der Waals surface area contributed by atoms with Gasteiger partial charge in [0.1, 0.15) is 0 Å². The van der Waals surface area contributed by atoms with Crippen LogP contribution in [0, 0.1) is 10.1 Å². The maximum absolute atomic E-state index is 13.3. The van der Waals surface area contributed by atoms with E-state index in [2.05, 4.69) is 4.98 Å². The third-order valence-electron chi connectivity index (χ3n) is 4.42. The Labute approximate surface area is 183 Å². The molecule has 1 N–H and O–H groups in total. The second kappa shape index (κ2) is 8.21. The fourth-order valence-corrected chi connectivity index (χ4v) is 4.23. The highest BCUT2D eigenvalue weighted by Gasteiger charge is 2.20. The van der Waals surface area contributed by atoms with E-state index in [9.17, 15) is 24.8 Å². The van der Waals surface area contributed by atoms with Gasteiger partial charge in [0.2, 0.25) is 0 Å². The number of nitro benzene ring substituents is 1. The van der Waals surface area contributed by atoms with Crippen molar-refractivity contribution in [2.75, 3.05) is 0 Å². The number of aromatic carboxylic acids is 1. The van der Waals surface area contributed by atoms with Gasteiger partial charge in [0.25, 0.3) is 11.2 Å². The summed E-state index contributed by atoms with van der Waals surface area (Å²) in [7, 11) is 0. The normalized spacial score (nSPS) is 10.9. The smallest absolute Gasteiger partial charge is 0.336 e. The zero-order chi connectivity index (χ0) is 22.1. The van der Waals surface area contributed by atoms with Crippen molar-refractivity contribution >= 4 is 45.9 Å². The Morgan fingerprint density at radius 2 is 1.84 bits per heavy atom. The van der Waals surface area contributed by atoms with Gasteiger partial charge in [-0.25, -0.2) is 9.78 Å². The van der Waals surface area contributed by atoms with Gasteiger partial charge in [-0.1, -0.05) is 29.8 Å². The molecule has 154 valence electrons. The van der Waals surface area contributed by atoms with Gasteiger partial charge in [-0.2, -0.15) is 0 Å². The molecule has 4 rings (SSSR count). The SMILES string of the molecule is O=C(O)c1ccc([N+](=O)[O-])cc1Sc1nc2ccc(Cl)cc2c(=O)n1-c1ccccc1. The molecule has 1 heterocycles. The van der Waals surface area contributed by atoms with E-state index >= 15 is 0 Å². The van der Waals surface area contributed by atoms with E-state index in [-0.39, 0.29) is 21.3 Å². The molecule has 0 spiro atoms. The Kier molecular flexibility index (Phi) is 5.45. The fraction of sp³-hybridized carbons (Fsp3) is 0. The standard InChI is InChI=1S/C21H12ClN3O5S/c22-12-6-9-17-16(10-12)19(26)24(13-4-2-1-3-5-13)21(23-17)31-18-11-14(25(29)30)7-8-15(18)20(27)28/h1-11H,(H,27,28). The average Bonchev–Trinajstić information content (AvgIpc) is 2.75. The Morgan fingerprint density at radius 3 is 2.52 bits per heavy atom. The van der Waals surface area contributed by atoms with Gasteiger partial charge in [0.15, 0.2) is 5.16 Å². The Morgan fingerprint density at radius 1 is 1.10 bits per heavy atom. The predicted octanol–water partition coefficient (Wildman–Crippen LogP) is 4.80. The lowest BCUT2D eigenvalue weighted by atomic mass is 10.2. The van der Waals surface area contributed by atoms with E-state index < -0.39 is 16.5 Å². The highest BCUT2D eigenvalue weighted by atomic mass is 35.5. The van der Waals surface area contributed by atoms with Gasteiger partial charge in [0, 0.05) is 22.1 Å². The number of fused-ring (bicyclic) bond motifs is 1. The second-order valence-corrected chi connectivity index (χ2v) is 7.82. The van der Waals surface area contributed by atoms with Gasteiger partial charge < -0.3 is 5.11 Å². The van der Waals surface area contributed by atoms with Crippen LogP contribution in [0.5, 0.6) is 0 Å². The lowest BCUT2D eigenvalue weighted by Gasteiger charge is -2.14. The van der Waals surface area contributed by atoms with Crippen molar-refractivity contribution in [1.82, 2.24) is 9.55 Å². The number of non-ortho nitro benzene ring substituents is 1. The summed E-state index contributed by atoms with van der Waals surface area (Å²) >= 11 is 6.91. The van der Waals surface area contributed by atoms with Crippen LogP contribution in [0.1, 0.15) is 10.4 Å². The third kappa shape index (κ3) is 4.00. The van der Waals surface area contributed by atoms with Crippen LogP contribution in [0.2, 0.25) is 5.02 Å². The molecule has 0 saturated carbocycles. The largest absolute Gasteiger partial charge is 0.478 e. The van der Waals surface area contributed by atoms with Crippen LogP contribution in [-0.4, -0.2) is 25.6 Å². The predicted molar refractivity (Wildman–Crippen MR) is 117 cm³/mol. The molecule has 0 amide bonds. The van der Waals surface area contributed by atoms with E-state index in [1.54, 1.807) is 42.5 Å². The molecule has 8 nitrogen and oxygen atoms in total. The first-order valence-corrected chi connectivity index (χ1v) is 10.0. The minimum atomic E-state index is -1.25.